The molecule has 0 aliphatic carbocycles. The van der Waals surface area contributed by atoms with Crippen molar-refractivity contribution >= 4 is 40.9 Å². The molecule has 6 heteroatoms. The Balaban J connectivity index is 1.90. The minimum absolute atomic E-state index is 0.345. The number of nitrogens with one attached hydrogen (secondary N) is 1. The fraction of sp³-hybridized carbons (Fsp3) is 0.158. The summed E-state index contributed by atoms with van der Waals surface area (Å²) in [6.45, 7) is 3.41. The monoisotopic (exact) mass is 376 g/mol. The zero-order chi connectivity index (χ0) is 18.2. The Labute approximate surface area is 157 Å². The quantitative estimate of drug-likeness (QED) is 0.571. The third kappa shape index (κ3) is 6.25. The zero-order valence-electron chi connectivity index (χ0n) is 13.9. The Morgan fingerprint density at radius 1 is 1.20 bits per heavy atom. The molecular formula is C19H18Cl2N2O2. The highest BCUT2D eigenvalue weighted by Crippen LogP contribution is 2.28. The fourth-order valence-electron chi connectivity index (χ4n) is 1.87. The van der Waals surface area contributed by atoms with E-state index in [1.165, 1.54) is 0 Å². The van der Waals surface area contributed by atoms with Gasteiger partial charge < -0.3 is 4.74 Å². The van der Waals surface area contributed by atoms with Gasteiger partial charge in [0.15, 0.2) is 6.10 Å². The van der Waals surface area contributed by atoms with Crippen molar-refractivity contribution in [2.24, 2.45) is 5.10 Å². The number of rotatable bonds is 6. The first-order chi connectivity index (χ1) is 12.0. The van der Waals surface area contributed by atoms with E-state index in [0.29, 0.717) is 21.5 Å². The van der Waals surface area contributed by atoms with E-state index in [-0.39, 0.29) is 5.91 Å². The molecule has 0 heterocycles. The number of carbonyl (C=O) groups excluding carboxylic acids is 1. The lowest BCUT2D eigenvalue weighted by atomic mass is 10.2. The topological polar surface area (TPSA) is 50.7 Å². The molecule has 1 unspecified atom stereocenters. The summed E-state index contributed by atoms with van der Waals surface area (Å²) in [6.07, 6.45) is 2.98. The molecule has 1 atom stereocenters. The summed E-state index contributed by atoms with van der Waals surface area (Å²) in [5.74, 6) is 0.0110. The number of hydrogen-bond acceptors (Lipinski definition) is 3. The van der Waals surface area contributed by atoms with Crippen LogP contribution in [0.4, 0.5) is 0 Å². The molecule has 0 aliphatic rings. The van der Waals surface area contributed by atoms with E-state index in [1.54, 1.807) is 32.0 Å². The normalized spacial score (nSPS) is 12.9. The predicted octanol–water partition coefficient (Wildman–Crippen LogP) is 4.97. The van der Waals surface area contributed by atoms with Crippen LogP contribution in [0.15, 0.2) is 59.7 Å². The number of allylic oxidation sites excluding steroid dienone is 1. The molecule has 2 aromatic rings. The number of nitrogens with zero attached hydrogens (tertiary/aromatic N) is 1. The second-order valence-corrected chi connectivity index (χ2v) is 6.15. The summed E-state index contributed by atoms with van der Waals surface area (Å²) < 4.78 is 5.53. The maximum Gasteiger partial charge on any atom is 0.280 e. The molecule has 0 bridgehead atoms. The molecule has 1 amide bonds. The third-order valence-electron chi connectivity index (χ3n) is 3.23. The second-order valence-electron chi connectivity index (χ2n) is 5.31. The Kier molecular flexibility index (Phi) is 7.04. The van der Waals surface area contributed by atoms with E-state index in [2.05, 4.69) is 10.5 Å². The maximum atomic E-state index is 12.1. The lowest BCUT2D eigenvalue weighted by Gasteiger charge is -2.14. The van der Waals surface area contributed by atoms with Gasteiger partial charge in [0.2, 0.25) is 0 Å². The summed E-state index contributed by atoms with van der Waals surface area (Å²) in [7, 11) is 0. The Morgan fingerprint density at radius 3 is 2.60 bits per heavy atom. The minimum Gasteiger partial charge on any atom is -0.479 e. The molecule has 0 aliphatic heterocycles. The van der Waals surface area contributed by atoms with E-state index in [0.717, 1.165) is 5.56 Å². The molecule has 2 aromatic carbocycles. The average Bonchev–Trinajstić information content (AvgIpc) is 2.61. The largest absolute Gasteiger partial charge is 0.479 e. The van der Waals surface area contributed by atoms with E-state index >= 15 is 0 Å². The van der Waals surface area contributed by atoms with Gasteiger partial charge in [-0.2, -0.15) is 5.10 Å². The number of benzene rings is 2. The second kappa shape index (κ2) is 9.25. The summed E-state index contributed by atoms with van der Waals surface area (Å²) in [5, 5.41) is 4.88. The van der Waals surface area contributed by atoms with Gasteiger partial charge in [-0.1, -0.05) is 59.6 Å². The summed E-state index contributed by atoms with van der Waals surface area (Å²) in [6, 6.07) is 14.6. The average molecular weight is 377 g/mol. The summed E-state index contributed by atoms with van der Waals surface area (Å²) >= 11 is 11.9. The van der Waals surface area contributed by atoms with Crippen molar-refractivity contribution in [2.75, 3.05) is 0 Å². The van der Waals surface area contributed by atoms with Crippen molar-refractivity contribution in [2.45, 2.75) is 20.0 Å². The molecule has 2 rings (SSSR count). The first kappa shape index (κ1) is 19.0. The van der Waals surface area contributed by atoms with Crippen molar-refractivity contribution in [1.29, 1.82) is 0 Å². The van der Waals surface area contributed by atoms with Crippen LogP contribution in [0.5, 0.6) is 5.75 Å². The highest BCUT2D eigenvalue weighted by Gasteiger charge is 2.15. The van der Waals surface area contributed by atoms with Gasteiger partial charge in [0, 0.05) is 5.02 Å². The van der Waals surface area contributed by atoms with Gasteiger partial charge in [0.25, 0.3) is 5.91 Å². The number of hydrazone groups is 1. The van der Waals surface area contributed by atoms with E-state index in [1.807, 2.05) is 42.5 Å². The van der Waals surface area contributed by atoms with Crippen molar-refractivity contribution in [3.8, 4) is 5.75 Å². The molecule has 0 saturated carbocycles. The van der Waals surface area contributed by atoms with Crippen LogP contribution in [0.25, 0.3) is 6.08 Å². The molecule has 130 valence electrons. The van der Waals surface area contributed by atoms with Gasteiger partial charge in [-0.3, -0.25) is 4.79 Å². The van der Waals surface area contributed by atoms with Crippen LogP contribution >= 0.6 is 23.2 Å². The number of ether oxygens (including phenoxy) is 1. The Hall–Kier alpha value is -2.30. The van der Waals surface area contributed by atoms with Gasteiger partial charge >= 0.3 is 0 Å². The molecule has 25 heavy (non-hydrogen) atoms. The number of carbonyl (C=O) groups is 1. The lowest BCUT2D eigenvalue weighted by Crippen LogP contribution is -2.33. The van der Waals surface area contributed by atoms with Crippen LogP contribution in [0.2, 0.25) is 10.0 Å². The third-order valence-corrected chi connectivity index (χ3v) is 3.76. The molecule has 0 fully saturated rings. The number of amides is 1. The Morgan fingerprint density at radius 2 is 1.92 bits per heavy atom. The van der Waals surface area contributed by atoms with E-state index in [4.69, 9.17) is 27.9 Å². The highest BCUT2D eigenvalue weighted by molar-refractivity contribution is 6.35. The van der Waals surface area contributed by atoms with Crippen molar-refractivity contribution < 1.29 is 9.53 Å². The zero-order valence-corrected chi connectivity index (χ0v) is 15.4. The lowest BCUT2D eigenvalue weighted by molar-refractivity contribution is -0.127. The van der Waals surface area contributed by atoms with Crippen molar-refractivity contribution in [1.82, 2.24) is 5.43 Å². The van der Waals surface area contributed by atoms with E-state index in [9.17, 15) is 4.79 Å². The molecule has 0 saturated heterocycles. The van der Waals surface area contributed by atoms with Gasteiger partial charge in [0.1, 0.15) is 5.75 Å². The van der Waals surface area contributed by atoms with Crippen LogP contribution in [0, 0.1) is 0 Å². The SMILES string of the molecule is CC(/C=C/c1ccccc1)=N\NC(=O)C(C)Oc1ccc(Cl)cc1Cl. The first-order valence-electron chi connectivity index (χ1n) is 7.64. The van der Waals surface area contributed by atoms with E-state index < -0.39 is 6.10 Å². The van der Waals surface area contributed by atoms with Crippen LogP contribution in [0.3, 0.4) is 0 Å². The first-order valence-corrected chi connectivity index (χ1v) is 8.40. The molecule has 0 aromatic heterocycles. The number of hydrogen-bond donors (Lipinski definition) is 1. The Bertz CT molecular complexity index is 789. The fourth-order valence-corrected chi connectivity index (χ4v) is 2.32. The molecule has 4 nitrogen and oxygen atoms in total. The molecule has 1 N–H and O–H groups in total. The number of halogens is 2. The highest BCUT2D eigenvalue weighted by atomic mass is 35.5. The van der Waals surface area contributed by atoms with Crippen LogP contribution in [0.1, 0.15) is 19.4 Å². The van der Waals surface area contributed by atoms with Gasteiger partial charge in [0.05, 0.1) is 10.7 Å². The summed E-state index contributed by atoms with van der Waals surface area (Å²) in [4.78, 5) is 12.1. The minimum atomic E-state index is -0.756. The molecular weight excluding hydrogens is 359 g/mol. The van der Waals surface area contributed by atoms with Crippen molar-refractivity contribution in [3.05, 3.63) is 70.2 Å². The summed E-state index contributed by atoms with van der Waals surface area (Å²) in [5.41, 5.74) is 4.19. The van der Waals surface area contributed by atoms with Crippen LogP contribution in [-0.2, 0) is 4.79 Å². The van der Waals surface area contributed by atoms with Crippen molar-refractivity contribution in [3.63, 3.8) is 0 Å². The maximum absolute atomic E-state index is 12.1. The van der Waals surface area contributed by atoms with Crippen LogP contribution < -0.4 is 10.2 Å². The standard InChI is InChI=1S/C19H18Cl2N2O2/c1-13(8-9-15-6-4-3-5-7-15)22-23-19(24)14(2)25-18-11-10-16(20)12-17(18)21/h3-12,14H,1-2H3,(H,23,24)/b9-8+,22-13+. The van der Waals surface area contributed by atoms with Crippen LogP contribution in [-0.4, -0.2) is 17.7 Å². The molecule has 0 radical (unpaired) electrons. The van der Waals surface area contributed by atoms with Gasteiger partial charge in [-0.15, -0.1) is 0 Å². The smallest absolute Gasteiger partial charge is 0.280 e. The molecule has 0 spiro atoms. The van der Waals surface area contributed by atoms with Gasteiger partial charge in [-0.05, 0) is 43.7 Å². The predicted molar refractivity (Wildman–Crippen MR) is 103 cm³/mol. The van der Waals surface area contributed by atoms with Gasteiger partial charge in [-0.25, -0.2) is 5.43 Å².